The maximum atomic E-state index is 11.1. The second-order valence-corrected chi connectivity index (χ2v) is 9.31. The lowest BCUT2D eigenvalue weighted by molar-refractivity contribution is -0.792. The summed E-state index contributed by atoms with van der Waals surface area (Å²) in [6.07, 6.45) is 6.75. The molecular formula is C18H33N3O6. The lowest BCUT2D eigenvalue weighted by Crippen LogP contribution is -2.54. The summed E-state index contributed by atoms with van der Waals surface area (Å²) in [4.78, 5) is 31.2. The van der Waals surface area contributed by atoms with E-state index in [4.69, 9.17) is 10.6 Å². The second kappa shape index (κ2) is 8.16. The van der Waals surface area contributed by atoms with E-state index in [1.165, 1.54) is 0 Å². The number of nitrogens with zero attached hydrogens (tertiary/aromatic N) is 2. The van der Waals surface area contributed by atoms with Crippen molar-refractivity contribution in [3.05, 3.63) is 20.2 Å². The molecule has 0 aromatic rings. The van der Waals surface area contributed by atoms with E-state index in [0.29, 0.717) is 13.0 Å². The van der Waals surface area contributed by atoms with Gasteiger partial charge >= 0.3 is 0 Å². The molecule has 5 unspecified atom stereocenters. The molecule has 2 N–H and O–H groups in total. The van der Waals surface area contributed by atoms with Gasteiger partial charge in [0.2, 0.25) is 0 Å². The van der Waals surface area contributed by atoms with Crippen LogP contribution in [0.3, 0.4) is 0 Å². The van der Waals surface area contributed by atoms with E-state index in [9.17, 15) is 20.2 Å². The summed E-state index contributed by atoms with van der Waals surface area (Å²) in [5.74, 6) is -0.181. The molecule has 0 radical (unpaired) electrons. The highest BCUT2D eigenvalue weighted by Crippen LogP contribution is 2.65. The summed E-state index contributed by atoms with van der Waals surface area (Å²) in [7, 11) is 0. The summed E-state index contributed by atoms with van der Waals surface area (Å²) in [5.41, 5.74) is 5.97. The summed E-state index contributed by atoms with van der Waals surface area (Å²) in [5, 5.41) is 20.0. The molecule has 2 aliphatic rings. The normalized spacial score (nSPS) is 35.1. The van der Waals surface area contributed by atoms with Gasteiger partial charge in [0.1, 0.15) is 12.7 Å². The second-order valence-electron chi connectivity index (χ2n) is 9.31. The summed E-state index contributed by atoms with van der Waals surface area (Å²) in [6.45, 7) is 6.74. The minimum absolute atomic E-state index is 0.0682. The highest BCUT2D eigenvalue weighted by molar-refractivity contribution is 5.06. The van der Waals surface area contributed by atoms with Gasteiger partial charge < -0.3 is 15.4 Å². The van der Waals surface area contributed by atoms with Crippen LogP contribution in [-0.2, 0) is 9.68 Å². The standard InChI is InChI=1S/C18H33N3O6/c1-4-14(15(27-21(24)25)10-26-20(22)23)18-7-5-6-16(2,12-18)11-17(3,13-18)8-9-19/h14-15H,4-13,19H2,1-3H3. The van der Waals surface area contributed by atoms with E-state index in [2.05, 4.69) is 18.7 Å². The summed E-state index contributed by atoms with van der Waals surface area (Å²) >= 11 is 0. The SMILES string of the molecule is CCC(C(CO[N+](=O)[O-])O[N+](=O)[O-])C12CCCC(C)(CC(C)(CCN)C1)C2. The Morgan fingerprint density at radius 2 is 1.81 bits per heavy atom. The molecule has 0 aliphatic heterocycles. The van der Waals surface area contributed by atoms with Gasteiger partial charge in [-0.1, -0.05) is 33.6 Å². The fourth-order valence-electron chi connectivity index (χ4n) is 6.67. The maximum absolute atomic E-state index is 11.1. The molecule has 0 spiro atoms. The Balaban J connectivity index is 2.36. The van der Waals surface area contributed by atoms with E-state index >= 15 is 0 Å². The van der Waals surface area contributed by atoms with Crippen LogP contribution in [0.25, 0.3) is 0 Å². The van der Waals surface area contributed by atoms with Crippen LogP contribution in [0.2, 0.25) is 0 Å². The predicted molar refractivity (Wildman–Crippen MR) is 98.6 cm³/mol. The van der Waals surface area contributed by atoms with E-state index in [1.807, 2.05) is 6.92 Å². The van der Waals surface area contributed by atoms with Crippen LogP contribution in [0.4, 0.5) is 0 Å². The zero-order valence-electron chi connectivity index (χ0n) is 16.6. The van der Waals surface area contributed by atoms with Gasteiger partial charge in [0.25, 0.3) is 10.2 Å². The van der Waals surface area contributed by atoms with Gasteiger partial charge in [-0.3, -0.25) is 0 Å². The van der Waals surface area contributed by atoms with Crippen molar-refractivity contribution in [3.8, 4) is 0 Å². The van der Waals surface area contributed by atoms with Gasteiger partial charge in [-0.05, 0) is 67.2 Å². The molecule has 27 heavy (non-hydrogen) atoms. The van der Waals surface area contributed by atoms with Crippen LogP contribution in [0, 0.1) is 42.4 Å². The van der Waals surface area contributed by atoms with Crippen molar-refractivity contribution in [1.29, 1.82) is 0 Å². The van der Waals surface area contributed by atoms with Crippen molar-refractivity contribution in [1.82, 2.24) is 0 Å². The first kappa shape index (κ1) is 21.7. The quantitative estimate of drug-likeness (QED) is 0.448. The van der Waals surface area contributed by atoms with Crippen molar-refractivity contribution in [2.24, 2.45) is 27.9 Å². The monoisotopic (exact) mass is 387 g/mol. The summed E-state index contributed by atoms with van der Waals surface area (Å²) in [6, 6.07) is 0. The lowest BCUT2D eigenvalue weighted by Gasteiger charge is -2.61. The highest BCUT2D eigenvalue weighted by atomic mass is 17.0. The minimum Gasteiger partial charge on any atom is -0.330 e. The number of hydrogen-bond acceptors (Lipinski definition) is 7. The van der Waals surface area contributed by atoms with E-state index < -0.39 is 22.9 Å². The fraction of sp³-hybridized carbons (Fsp3) is 1.00. The molecule has 2 saturated carbocycles. The Hall–Kier alpha value is -1.64. The molecular weight excluding hydrogens is 354 g/mol. The lowest BCUT2D eigenvalue weighted by atomic mass is 9.44. The van der Waals surface area contributed by atoms with E-state index in [0.717, 1.165) is 44.9 Å². The molecule has 0 saturated heterocycles. The number of rotatable bonds is 10. The molecule has 0 aromatic heterocycles. The summed E-state index contributed by atoms with van der Waals surface area (Å²) < 4.78 is 0. The maximum Gasteiger partial charge on any atom is 0.294 e. The van der Waals surface area contributed by atoms with Crippen molar-refractivity contribution < 1.29 is 19.8 Å². The Morgan fingerprint density at radius 1 is 1.11 bits per heavy atom. The van der Waals surface area contributed by atoms with Gasteiger partial charge in [-0.2, -0.15) is 0 Å². The largest absolute Gasteiger partial charge is 0.330 e. The smallest absolute Gasteiger partial charge is 0.294 e. The predicted octanol–water partition coefficient (Wildman–Crippen LogP) is 3.51. The number of fused-ring (bicyclic) bond motifs is 2. The topological polar surface area (TPSA) is 131 Å². The first-order valence-corrected chi connectivity index (χ1v) is 9.86. The third-order valence-electron chi connectivity index (χ3n) is 6.85. The Labute approximate surface area is 160 Å². The molecule has 2 fully saturated rings. The van der Waals surface area contributed by atoms with E-state index in [-0.39, 0.29) is 22.2 Å². The van der Waals surface area contributed by atoms with Crippen molar-refractivity contribution in [2.75, 3.05) is 13.2 Å². The molecule has 2 aliphatic carbocycles. The van der Waals surface area contributed by atoms with Crippen LogP contribution >= 0.6 is 0 Å². The van der Waals surface area contributed by atoms with Gasteiger partial charge in [0, 0.05) is 0 Å². The zero-order valence-corrected chi connectivity index (χ0v) is 16.6. The molecule has 5 atom stereocenters. The van der Waals surface area contributed by atoms with Crippen LogP contribution in [0.5, 0.6) is 0 Å². The first-order valence-electron chi connectivity index (χ1n) is 9.86. The minimum atomic E-state index is -0.946. The average Bonchev–Trinajstić information content (AvgIpc) is 2.50. The molecule has 9 heteroatoms. The van der Waals surface area contributed by atoms with Crippen LogP contribution in [0.15, 0.2) is 0 Å². The average molecular weight is 387 g/mol. The number of nitrogens with two attached hydrogens (primary N) is 1. The highest BCUT2D eigenvalue weighted by Gasteiger charge is 2.56. The molecule has 156 valence electrons. The molecule has 0 aromatic carbocycles. The van der Waals surface area contributed by atoms with Gasteiger partial charge in [0.15, 0.2) is 0 Å². The molecule has 0 amide bonds. The molecule has 2 bridgehead atoms. The molecule has 2 rings (SSSR count). The van der Waals surface area contributed by atoms with Crippen LogP contribution < -0.4 is 5.73 Å². The first-order chi connectivity index (χ1) is 12.6. The molecule has 9 nitrogen and oxygen atoms in total. The van der Waals surface area contributed by atoms with E-state index in [1.54, 1.807) is 0 Å². The third kappa shape index (κ3) is 5.00. The Kier molecular flexibility index (Phi) is 6.55. The number of hydrogen-bond donors (Lipinski definition) is 1. The van der Waals surface area contributed by atoms with Gasteiger partial charge in [0.05, 0.1) is 0 Å². The Morgan fingerprint density at radius 3 is 2.37 bits per heavy atom. The third-order valence-corrected chi connectivity index (χ3v) is 6.85. The van der Waals surface area contributed by atoms with Crippen molar-refractivity contribution in [2.45, 2.75) is 78.2 Å². The van der Waals surface area contributed by atoms with Crippen molar-refractivity contribution in [3.63, 3.8) is 0 Å². The Bertz CT molecular complexity index is 561. The van der Waals surface area contributed by atoms with Gasteiger partial charge in [-0.15, -0.1) is 20.2 Å². The fourth-order valence-corrected chi connectivity index (χ4v) is 6.67. The van der Waals surface area contributed by atoms with Gasteiger partial charge in [-0.25, -0.2) is 0 Å². The van der Waals surface area contributed by atoms with Crippen molar-refractivity contribution >= 4 is 0 Å². The van der Waals surface area contributed by atoms with Crippen LogP contribution in [0.1, 0.15) is 72.1 Å². The van der Waals surface area contributed by atoms with Crippen LogP contribution in [-0.4, -0.2) is 29.4 Å². The molecule has 0 heterocycles. The zero-order chi connectivity index (χ0) is 20.3.